The molecular formula is Ba2Cu2OY2. The van der Waals surface area contributed by atoms with E-state index >= 15 is 0 Å². The van der Waals surface area contributed by atoms with Crippen LogP contribution in [0.5, 0.6) is 0 Å². The van der Waals surface area contributed by atoms with Crippen LogP contribution in [0, 0.1) is 0 Å². The molecule has 0 unspecified atom stereocenters. The van der Waals surface area contributed by atoms with Gasteiger partial charge < -0.3 is 0 Å². The van der Waals surface area contributed by atoms with Crippen LogP contribution in [0.2, 0.25) is 0 Å². The van der Waals surface area contributed by atoms with Crippen LogP contribution in [0.25, 0.3) is 0 Å². The van der Waals surface area contributed by atoms with Crippen molar-refractivity contribution in [3.05, 3.63) is 0 Å². The van der Waals surface area contributed by atoms with Crippen molar-refractivity contribution in [2.45, 2.75) is 0 Å². The molecule has 7 radical (unpaired) electrons. The van der Waals surface area contributed by atoms with Crippen LogP contribution in [-0.2, 0) is 102 Å². The quantitative estimate of drug-likeness (QED) is 0.333. The van der Waals surface area contributed by atoms with Crippen LogP contribution in [0.15, 0.2) is 0 Å². The third-order valence-corrected chi connectivity index (χ3v) is 0. The SMILES string of the molecule is [Ba].[Ba].[Cu].[O]=[Cu].[Y].[Y]. The zero-order valence-corrected chi connectivity index (χ0v) is 20.0. The summed E-state index contributed by atoms with van der Waals surface area (Å²) in [6, 6.07) is 0. The summed E-state index contributed by atoms with van der Waals surface area (Å²) < 4.78 is 7.81. The topological polar surface area (TPSA) is 17.1 Å². The van der Waals surface area contributed by atoms with E-state index in [2.05, 4.69) is 15.9 Å². The fourth-order valence-corrected chi connectivity index (χ4v) is 0. The van der Waals surface area contributed by atoms with Crippen LogP contribution in [0.3, 0.4) is 0 Å². The van der Waals surface area contributed by atoms with Gasteiger partial charge in [-0.05, 0) is 0 Å². The second-order valence-electron chi connectivity index (χ2n) is 0. The van der Waals surface area contributed by atoms with Gasteiger partial charge in [-0.2, -0.15) is 0 Å². The average molecular weight is 596 g/mol. The summed E-state index contributed by atoms with van der Waals surface area (Å²) in [5, 5.41) is 0. The van der Waals surface area contributed by atoms with Crippen LogP contribution in [0.4, 0.5) is 0 Å². The molecule has 0 heterocycles. The van der Waals surface area contributed by atoms with Crippen molar-refractivity contribution >= 4 is 97.8 Å². The Bertz CT molecular complexity index is 13.7. The summed E-state index contributed by atoms with van der Waals surface area (Å²) >= 11 is 2.94. The fourth-order valence-electron chi connectivity index (χ4n) is 0. The Labute approximate surface area is 193 Å². The van der Waals surface area contributed by atoms with Crippen molar-refractivity contribution in [1.82, 2.24) is 0 Å². The number of hydrogen-bond acceptors (Lipinski definition) is 1. The van der Waals surface area contributed by atoms with Gasteiger partial charge in [0.25, 0.3) is 0 Å². The molecule has 1 nitrogen and oxygen atoms in total. The third-order valence-electron chi connectivity index (χ3n) is 0. The van der Waals surface area contributed by atoms with Crippen LogP contribution >= 0.6 is 0 Å². The van der Waals surface area contributed by atoms with Gasteiger partial charge in [0.15, 0.2) is 0 Å². The summed E-state index contributed by atoms with van der Waals surface area (Å²) in [6.07, 6.45) is 0. The van der Waals surface area contributed by atoms with E-state index in [1.54, 1.807) is 0 Å². The van der Waals surface area contributed by atoms with Crippen LogP contribution in [-0.4, -0.2) is 97.8 Å². The standard InChI is InChI=1S/2Ba.2Cu.O.2Y. The van der Waals surface area contributed by atoms with Crippen molar-refractivity contribution in [2.75, 3.05) is 0 Å². The number of rotatable bonds is 0. The Balaban J connectivity index is -0.000000000500. The minimum absolute atomic E-state index is 0. The maximum Gasteiger partial charge on any atom is 0 e. The molecule has 0 aromatic rings. The van der Waals surface area contributed by atoms with E-state index in [1.165, 1.54) is 0 Å². The molecule has 0 rings (SSSR count). The largest absolute Gasteiger partial charge is 0 e. The summed E-state index contributed by atoms with van der Waals surface area (Å²) in [5.41, 5.74) is 0. The Morgan fingerprint density at radius 1 is 0.857 bits per heavy atom. The summed E-state index contributed by atoms with van der Waals surface area (Å²) in [4.78, 5) is 0. The molecule has 0 N–H and O–H groups in total. The van der Waals surface area contributed by atoms with E-state index in [0.717, 1.165) is 0 Å². The molecule has 7 heavy (non-hydrogen) atoms. The molecule has 0 aliphatic heterocycles. The zero-order valence-electron chi connectivity index (χ0n) is 3.58. The molecule has 38 valence electrons. The maximum atomic E-state index is 7.81. The molecule has 0 saturated heterocycles. The number of hydrogen-bond donors (Lipinski definition) is 0. The summed E-state index contributed by atoms with van der Waals surface area (Å²) in [6.45, 7) is 0. The molecular weight excluding hydrogens is 596 g/mol. The van der Waals surface area contributed by atoms with Crippen molar-refractivity contribution in [3.63, 3.8) is 0 Å². The normalized spacial score (nSPS) is 0.857. The van der Waals surface area contributed by atoms with Crippen molar-refractivity contribution in [1.29, 1.82) is 0 Å². The average Bonchev–Trinajstić information content (AvgIpc) is 1.00. The van der Waals surface area contributed by atoms with Crippen molar-refractivity contribution < 1.29 is 102 Å². The minimum atomic E-state index is 0. The minimum Gasteiger partial charge on any atom is 0 e. The summed E-state index contributed by atoms with van der Waals surface area (Å²) in [5.74, 6) is 0. The fraction of sp³-hybridized carbons (Fsp3) is 0. The van der Waals surface area contributed by atoms with Crippen molar-refractivity contribution in [3.8, 4) is 0 Å². The first-order chi connectivity index (χ1) is 1.00. The first-order valence-corrected chi connectivity index (χ1v) is 0.508. The second kappa shape index (κ2) is 39.8. The van der Waals surface area contributed by atoms with Crippen molar-refractivity contribution in [2.24, 2.45) is 0 Å². The van der Waals surface area contributed by atoms with E-state index in [9.17, 15) is 0 Å². The first-order valence-electron chi connectivity index (χ1n) is 0.123. The molecule has 0 aromatic carbocycles. The predicted molar refractivity (Wildman–Crippen MR) is 12.2 cm³/mol. The molecule has 0 aromatic heterocycles. The smallest absolute Gasteiger partial charge is 0 e. The Morgan fingerprint density at radius 3 is 0.857 bits per heavy atom. The molecule has 0 aliphatic rings. The van der Waals surface area contributed by atoms with Gasteiger partial charge in [-0.1, -0.05) is 0 Å². The molecule has 0 fully saturated rings. The van der Waals surface area contributed by atoms with Gasteiger partial charge in [0.1, 0.15) is 0 Å². The van der Waals surface area contributed by atoms with Gasteiger partial charge >= 0.3 is 19.8 Å². The maximum absolute atomic E-state index is 7.81. The van der Waals surface area contributed by atoms with Crippen LogP contribution in [0.1, 0.15) is 0 Å². The van der Waals surface area contributed by atoms with Gasteiger partial charge in [-0.3, -0.25) is 0 Å². The van der Waals surface area contributed by atoms with Gasteiger partial charge in [-0.15, -0.1) is 0 Å². The Kier molecular flexibility index (Phi) is 216. The second-order valence-corrected chi connectivity index (χ2v) is 0. The molecule has 0 bridgehead atoms. The van der Waals surface area contributed by atoms with E-state index in [4.69, 9.17) is 3.83 Å². The van der Waals surface area contributed by atoms with Gasteiger partial charge in [0, 0.05) is 180 Å². The van der Waals surface area contributed by atoms with E-state index in [1.807, 2.05) is 0 Å². The molecule has 0 aliphatic carbocycles. The molecule has 7 heteroatoms. The van der Waals surface area contributed by atoms with Gasteiger partial charge in [0.2, 0.25) is 0 Å². The monoisotopic (exact) mass is 595 g/mol. The van der Waals surface area contributed by atoms with Gasteiger partial charge in [0.05, 0.1) is 0 Å². The van der Waals surface area contributed by atoms with Gasteiger partial charge in [-0.25, -0.2) is 0 Å². The molecule has 0 amide bonds. The van der Waals surface area contributed by atoms with Crippen LogP contribution < -0.4 is 0 Å². The summed E-state index contributed by atoms with van der Waals surface area (Å²) in [7, 11) is 0. The Morgan fingerprint density at radius 2 is 0.857 bits per heavy atom. The molecule has 0 atom stereocenters. The van der Waals surface area contributed by atoms with E-state index < -0.39 is 0 Å². The molecule has 0 saturated carbocycles. The predicted octanol–water partition coefficient (Wildman–Crippen LogP) is -0.890. The van der Waals surface area contributed by atoms with E-state index in [-0.39, 0.29) is 180 Å². The zero-order chi connectivity index (χ0) is 2.00. The van der Waals surface area contributed by atoms with E-state index in [0.29, 0.717) is 0 Å². The first kappa shape index (κ1) is 37.9. The molecule has 0 spiro atoms. The Hall–Kier alpha value is 6.19. The third kappa shape index (κ3) is 33.0.